The molecule has 0 atom stereocenters. The third-order valence-electron chi connectivity index (χ3n) is 0.716. The Bertz CT molecular complexity index is 224. The zero-order valence-electron chi connectivity index (χ0n) is 4.85. The zero-order valence-corrected chi connectivity index (χ0v) is 4.85. The van der Waals surface area contributed by atoms with Crippen LogP contribution in [0.3, 0.4) is 0 Å². The number of rotatable bonds is 1. The number of hydrogen-bond acceptors (Lipinski definition) is 4. The van der Waals surface area contributed by atoms with Gasteiger partial charge in [-0.2, -0.15) is 0 Å². The predicted octanol–water partition coefficient (Wildman–Crippen LogP) is -0.0385. The number of carbonyl (C=O) groups is 1. The second-order valence-electron chi connectivity index (χ2n) is 1.42. The van der Waals surface area contributed by atoms with Crippen molar-refractivity contribution in [2.45, 2.75) is 0 Å². The van der Waals surface area contributed by atoms with E-state index in [2.05, 4.69) is 15.2 Å². The molecule has 0 unspecified atom stereocenters. The number of amides is 1. The van der Waals surface area contributed by atoms with E-state index in [-0.39, 0.29) is 5.82 Å². The van der Waals surface area contributed by atoms with Crippen molar-refractivity contribution in [2.75, 3.05) is 5.32 Å². The van der Waals surface area contributed by atoms with Gasteiger partial charge in [0.05, 0.1) is 6.20 Å². The lowest BCUT2D eigenvalue weighted by Crippen LogP contribution is -2.09. The minimum Gasteiger partial charge on any atom is -0.465 e. The van der Waals surface area contributed by atoms with Crippen LogP contribution in [0.2, 0.25) is 0 Å². The Morgan fingerprint density at radius 1 is 1.70 bits per heavy atom. The molecule has 1 rings (SSSR count). The second kappa shape index (κ2) is 2.72. The van der Waals surface area contributed by atoms with Crippen LogP contribution in [0, 0.1) is 0 Å². The lowest BCUT2D eigenvalue weighted by Gasteiger charge is -1.93. The van der Waals surface area contributed by atoms with E-state index < -0.39 is 6.09 Å². The van der Waals surface area contributed by atoms with E-state index in [1.165, 1.54) is 12.5 Å². The van der Waals surface area contributed by atoms with Gasteiger partial charge in [-0.1, -0.05) is 0 Å². The van der Waals surface area contributed by atoms with Crippen molar-refractivity contribution in [3.8, 4) is 0 Å². The summed E-state index contributed by atoms with van der Waals surface area (Å²) < 4.78 is 0. The normalized spacial score (nSPS) is 8.80. The van der Waals surface area contributed by atoms with Gasteiger partial charge < -0.3 is 5.11 Å². The summed E-state index contributed by atoms with van der Waals surface area (Å²) in [7, 11) is 0. The molecule has 6 nitrogen and oxygen atoms in total. The van der Waals surface area contributed by atoms with Crippen LogP contribution in [0.4, 0.5) is 10.6 Å². The maximum absolute atomic E-state index is 9.96. The molecule has 0 saturated carbocycles. The van der Waals surface area contributed by atoms with Gasteiger partial charge in [-0.05, 0) is 0 Å². The first-order chi connectivity index (χ1) is 4.79. The Morgan fingerprint density at radius 2 is 2.50 bits per heavy atom. The van der Waals surface area contributed by atoms with Gasteiger partial charge in [-0.15, -0.1) is 10.2 Å². The van der Waals surface area contributed by atoms with Gasteiger partial charge in [-0.25, -0.2) is 9.78 Å². The highest BCUT2D eigenvalue weighted by Crippen LogP contribution is 1.92. The molecule has 0 fully saturated rings. The number of aromatic nitrogens is 3. The smallest absolute Gasteiger partial charge is 0.410 e. The van der Waals surface area contributed by atoms with Gasteiger partial charge in [0.2, 0.25) is 0 Å². The average molecular weight is 140 g/mol. The quantitative estimate of drug-likeness (QED) is 0.571. The van der Waals surface area contributed by atoms with Gasteiger partial charge in [0, 0.05) is 0 Å². The van der Waals surface area contributed by atoms with Crippen molar-refractivity contribution in [3.63, 3.8) is 0 Å². The monoisotopic (exact) mass is 140 g/mol. The molecular formula is C4H4N4O2. The first-order valence-corrected chi connectivity index (χ1v) is 2.41. The molecule has 1 aromatic heterocycles. The van der Waals surface area contributed by atoms with Crippen LogP contribution >= 0.6 is 0 Å². The molecule has 10 heavy (non-hydrogen) atoms. The second-order valence-corrected chi connectivity index (χ2v) is 1.42. The fraction of sp³-hybridized carbons (Fsp3) is 0. The highest BCUT2D eigenvalue weighted by Gasteiger charge is 1.96. The number of nitrogens with zero attached hydrogens (tertiary/aromatic N) is 3. The largest absolute Gasteiger partial charge is 0.465 e. The molecule has 0 aliphatic carbocycles. The SMILES string of the molecule is O=C(O)Nc1cncnn1. The number of hydrogen-bond donors (Lipinski definition) is 2. The van der Waals surface area contributed by atoms with Crippen LogP contribution < -0.4 is 5.32 Å². The summed E-state index contributed by atoms with van der Waals surface area (Å²) in [5.41, 5.74) is 0. The van der Waals surface area contributed by atoms with Gasteiger partial charge in [0.25, 0.3) is 0 Å². The van der Waals surface area contributed by atoms with Crippen molar-refractivity contribution in [1.82, 2.24) is 15.2 Å². The maximum Gasteiger partial charge on any atom is 0.410 e. The topological polar surface area (TPSA) is 88.0 Å². The molecule has 0 spiro atoms. The minimum atomic E-state index is -1.18. The highest BCUT2D eigenvalue weighted by molar-refractivity contribution is 5.80. The molecule has 0 aliphatic heterocycles. The molecular weight excluding hydrogens is 136 g/mol. The van der Waals surface area contributed by atoms with E-state index >= 15 is 0 Å². The minimum absolute atomic E-state index is 0.120. The first kappa shape index (κ1) is 6.40. The molecule has 0 aromatic carbocycles. The molecule has 52 valence electrons. The number of nitrogens with one attached hydrogen (secondary N) is 1. The van der Waals surface area contributed by atoms with Crippen LogP contribution in [0.15, 0.2) is 12.5 Å². The number of carboxylic acid groups (broad SMARTS) is 1. The molecule has 1 aromatic rings. The Kier molecular flexibility index (Phi) is 1.74. The van der Waals surface area contributed by atoms with Crippen LogP contribution in [-0.2, 0) is 0 Å². The van der Waals surface area contributed by atoms with E-state index in [1.807, 2.05) is 5.32 Å². The fourth-order valence-electron chi connectivity index (χ4n) is 0.414. The summed E-state index contributed by atoms with van der Waals surface area (Å²) in [6, 6.07) is 0. The van der Waals surface area contributed by atoms with E-state index in [4.69, 9.17) is 5.11 Å². The lowest BCUT2D eigenvalue weighted by atomic mass is 10.7. The Morgan fingerprint density at radius 3 is 3.00 bits per heavy atom. The molecule has 0 saturated heterocycles. The Labute approximate surface area is 55.9 Å². The molecule has 1 heterocycles. The van der Waals surface area contributed by atoms with Crippen molar-refractivity contribution < 1.29 is 9.90 Å². The lowest BCUT2D eigenvalue weighted by molar-refractivity contribution is 0.209. The van der Waals surface area contributed by atoms with Gasteiger partial charge in [0.1, 0.15) is 6.33 Å². The van der Waals surface area contributed by atoms with Crippen molar-refractivity contribution in [2.24, 2.45) is 0 Å². The van der Waals surface area contributed by atoms with Crippen LogP contribution in [0.1, 0.15) is 0 Å². The summed E-state index contributed by atoms with van der Waals surface area (Å²) in [5.74, 6) is 0.120. The van der Waals surface area contributed by atoms with Crippen molar-refractivity contribution in [1.29, 1.82) is 0 Å². The zero-order chi connectivity index (χ0) is 7.40. The summed E-state index contributed by atoms with van der Waals surface area (Å²) >= 11 is 0. The first-order valence-electron chi connectivity index (χ1n) is 2.41. The predicted molar refractivity (Wildman–Crippen MR) is 31.5 cm³/mol. The van der Waals surface area contributed by atoms with Crippen LogP contribution in [0.25, 0.3) is 0 Å². The van der Waals surface area contributed by atoms with E-state index in [9.17, 15) is 4.79 Å². The summed E-state index contributed by atoms with van der Waals surface area (Å²) in [6.07, 6.45) is 1.30. The summed E-state index contributed by atoms with van der Waals surface area (Å²) in [4.78, 5) is 13.5. The molecule has 0 radical (unpaired) electrons. The Balaban J connectivity index is 2.67. The third-order valence-corrected chi connectivity index (χ3v) is 0.716. The molecule has 1 amide bonds. The van der Waals surface area contributed by atoms with Gasteiger partial charge in [-0.3, -0.25) is 5.32 Å². The van der Waals surface area contributed by atoms with Crippen LogP contribution in [0.5, 0.6) is 0 Å². The van der Waals surface area contributed by atoms with Gasteiger partial charge in [0.15, 0.2) is 5.82 Å². The van der Waals surface area contributed by atoms with Crippen molar-refractivity contribution in [3.05, 3.63) is 12.5 Å². The Hall–Kier alpha value is -1.72. The average Bonchev–Trinajstić information content (AvgIpc) is 1.88. The summed E-state index contributed by atoms with van der Waals surface area (Å²) in [5, 5.41) is 16.9. The van der Waals surface area contributed by atoms with Crippen LogP contribution in [-0.4, -0.2) is 26.4 Å². The number of anilines is 1. The molecule has 2 N–H and O–H groups in total. The van der Waals surface area contributed by atoms with E-state index in [1.54, 1.807) is 0 Å². The summed E-state index contributed by atoms with van der Waals surface area (Å²) in [6.45, 7) is 0. The maximum atomic E-state index is 9.96. The highest BCUT2D eigenvalue weighted by atomic mass is 16.4. The molecule has 0 bridgehead atoms. The standard InChI is InChI=1S/C4H4N4O2/c9-4(10)7-3-1-5-2-6-8-3/h1-2H,(H,7,8)(H,9,10). The molecule has 6 heteroatoms. The van der Waals surface area contributed by atoms with E-state index in [0.717, 1.165) is 0 Å². The third kappa shape index (κ3) is 1.66. The molecule has 0 aliphatic rings. The fourth-order valence-corrected chi connectivity index (χ4v) is 0.414. The van der Waals surface area contributed by atoms with Gasteiger partial charge >= 0.3 is 6.09 Å². The van der Waals surface area contributed by atoms with E-state index in [0.29, 0.717) is 0 Å². The van der Waals surface area contributed by atoms with Crippen molar-refractivity contribution >= 4 is 11.9 Å².